The lowest BCUT2D eigenvalue weighted by molar-refractivity contribution is 0.0697. The maximum absolute atomic E-state index is 11.0. The highest BCUT2D eigenvalue weighted by Crippen LogP contribution is 2.22. The van der Waals surface area contributed by atoms with Crippen LogP contribution in [0.5, 0.6) is 0 Å². The molecule has 0 radical (unpaired) electrons. The van der Waals surface area contributed by atoms with Crippen LogP contribution in [-0.2, 0) is 0 Å². The van der Waals surface area contributed by atoms with Gasteiger partial charge in [-0.15, -0.1) is 12.3 Å². The number of aromatic carboxylic acids is 1. The highest BCUT2D eigenvalue weighted by Gasteiger charge is 2.11. The van der Waals surface area contributed by atoms with Crippen LogP contribution >= 0.6 is 0 Å². The molecule has 0 saturated carbocycles. The van der Waals surface area contributed by atoms with Gasteiger partial charge >= 0.3 is 5.97 Å². The maximum Gasteiger partial charge on any atom is 0.335 e. The van der Waals surface area contributed by atoms with Gasteiger partial charge in [-0.3, -0.25) is 0 Å². The van der Waals surface area contributed by atoms with Crippen LogP contribution in [0.25, 0.3) is 10.9 Å². The molecule has 0 aliphatic rings. The quantitative estimate of drug-likeness (QED) is 0.816. The average molecular weight is 269 g/mol. The van der Waals surface area contributed by atoms with E-state index in [1.165, 1.54) is 12.4 Å². The number of hydrogen-bond donors (Lipinski definition) is 2. The molecule has 20 heavy (non-hydrogen) atoms. The summed E-state index contributed by atoms with van der Waals surface area (Å²) in [5, 5.41) is 13.1. The third kappa shape index (κ3) is 2.86. The number of rotatable bonds is 5. The molecule has 2 aromatic rings. The second kappa shape index (κ2) is 6.02. The summed E-state index contributed by atoms with van der Waals surface area (Å²) in [4.78, 5) is 19.3. The molecule has 1 heterocycles. The van der Waals surface area contributed by atoms with Crippen molar-refractivity contribution in [3.05, 3.63) is 30.1 Å². The van der Waals surface area contributed by atoms with Crippen LogP contribution in [0, 0.1) is 12.3 Å². The summed E-state index contributed by atoms with van der Waals surface area (Å²) in [5.74, 6) is 2.33. The molecule has 102 valence electrons. The summed E-state index contributed by atoms with van der Waals surface area (Å²) in [6.45, 7) is 2.04. The Morgan fingerprint density at radius 2 is 2.30 bits per heavy atom. The Kier molecular flexibility index (Phi) is 4.16. The molecule has 0 saturated heterocycles. The van der Waals surface area contributed by atoms with E-state index in [9.17, 15) is 4.79 Å². The number of anilines is 1. The van der Waals surface area contributed by atoms with E-state index in [0.29, 0.717) is 17.8 Å². The van der Waals surface area contributed by atoms with Crippen LogP contribution in [0.2, 0.25) is 0 Å². The van der Waals surface area contributed by atoms with Crippen molar-refractivity contribution in [2.45, 2.75) is 25.8 Å². The number of hydrogen-bond acceptors (Lipinski definition) is 4. The Balaban J connectivity index is 2.40. The molecule has 0 spiro atoms. The predicted octanol–water partition coefficient (Wildman–Crippen LogP) is 2.54. The minimum absolute atomic E-state index is 0.136. The van der Waals surface area contributed by atoms with Gasteiger partial charge in [-0.25, -0.2) is 14.8 Å². The first-order valence-corrected chi connectivity index (χ1v) is 6.33. The third-order valence-electron chi connectivity index (χ3n) is 3.08. The molecule has 0 fully saturated rings. The molecule has 0 bridgehead atoms. The van der Waals surface area contributed by atoms with Crippen molar-refractivity contribution in [1.29, 1.82) is 0 Å². The second-order valence-corrected chi connectivity index (χ2v) is 4.42. The van der Waals surface area contributed by atoms with Crippen LogP contribution in [0.3, 0.4) is 0 Å². The van der Waals surface area contributed by atoms with Crippen LogP contribution in [0.1, 0.15) is 30.1 Å². The van der Waals surface area contributed by atoms with E-state index < -0.39 is 5.97 Å². The van der Waals surface area contributed by atoms with E-state index in [1.807, 2.05) is 6.92 Å². The maximum atomic E-state index is 11.0. The highest BCUT2D eigenvalue weighted by molar-refractivity contribution is 5.96. The van der Waals surface area contributed by atoms with Crippen molar-refractivity contribution in [2.24, 2.45) is 0 Å². The Bertz CT molecular complexity index is 676. The normalized spacial score (nSPS) is 11.8. The Morgan fingerprint density at radius 3 is 2.95 bits per heavy atom. The fourth-order valence-electron chi connectivity index (χ4n) is 1.94. The van der Waals surface area contributed by atoms with E-state index in [2.05, 4.69) is 21.2 Å². The minimum Gasteiger partial charge on any atom is -0.478 e. The number of terminal acetylenes is 1. The van der Waals surface area contributed by atoms with E-state index in [0.717, 1.165) is 11.8 Å². The van der Waals surface area contributed by atoms with Crippen LogP contribution in [0.4, 0.5) is 5.82 Å². The van der Waals surface area contributed by atoms with Crippen molar-refractivity contribution in [1.82, 2.24) is 9.97 Å². The number of nitrogens with zero attached hydrogens (tertiary/aromatic N) is 2. The molecule has 5 nitrogen and oxygen atoms in total. The van der Waals surface area contributed by atoms with Crippen molar-refractivity contribution in [3.8, 4) is 12.3 Å². The fourth-order valence-corrected chi connectivity index (χ4v) is 1.94. The van der Waals surface area contributed by atoms with E-state index in [4.69, 9.17) is 11.5 Å². The lowest BCUT2D eigenvalue weighted by atomic mass is 10.1. The third-order valence-corrected chi connectivity index (χ3v) is 3.08. The summed E-state index contributed by atoms with van der Waals surface area (Å²) in [7, 11) is 0. The SMILES string of the molecule is C#CCC(CC)Nc1ncnc2cc(C(=O)O)ccc12. The highest BCUT2D eigenvalue weighted by atomic mass is 16.4. The van der Waals surface area contributed by atoms with Crippen molar-refractivity contribution >= 4 is 22.7 Å². The molecular weight excluding hydrogens is 254 g/mol. The molecule has 0 aliphatic carbocycles. The number of carboxylic acids is 1. The van der Waals surface area contributed by atoms with Crippen molar-refractivity contribution in [2.75, 3.05) is 5.32 Å². The largest absolute Gasteiger partial charge is 0.478 e. The van der Waals surface area contributed by atoms with Gasteiger partial charge in [0.15, 0.2) is 0 Å². The van der Waals surface area contributed by atoms with E-state index in [1.54, 1.807) is 12.1 Å². The zero-order chi connectivity index (χ0) is 14.5. The minimum atomic E-state index is -0.973. The predicted molar refractivity (Wildman–Crippen MR) is 77.6 cm³/mol. The molecule has 1 unspecified atom stereocenters. The monoisotopic (exact) mass is 269 g/mol. The number of aromatic nitrogens is 2. The molecule has 0 amide bonds. The zero-order valence-corrected chi connectivity index (χ0v) is 11.1. The van der Waals surface area contributed by atoms with Gasteiger partial charge in [-0.2, -0.15) is 0 Å². The van der Waals surface area contributed by atoms with Crippen molar-refractivity contribution < 1.29 is 9.90 Å². The molecule has 5 heteroatoms. The first-order chi connectivity index (χ1) is 9.65. The number of benzene rings is 1. The molecule has 1 atom stereocenters. The van der Waals surface area contributed by atoms with Crippen LogP contribution in [0.15, 0.2) is 24.5 Å². The molecule has 2 rings (SSSR count). The Labute approximate surface area is 117 Å². The second-order valence-electron chi connectivity index (χ2n) is 4.42. The van der Waals surface area contributed by atoms with Gasteiger partial charge in [0.2, 0.25) is 0 Å². The molecular formula is C15H15N3O2. The van der Waals surface area contributed by atoms with Gasteiger partial charge in [0.1, 0.15) is 12.1 Å². The molecule has 1 aromatic carbocycles. The van der Waals surface area contributed by atoms with Crippen LogP contribution in [-0.4, -0.2) is 27.1 Å². The molecule has 1 aromatic heterocycles. The number of carboxylic acid groups (broad SMARTS) is 1. The van der Waals surface area contributed by atoms with Crippen LogP contribution < -0.4 is 5.32 Å². The number of carbonyl (C=O) groups is 1. The number of fused-ring (bicyclic) bond motifs is 1. The van der Waals surface area contributed by atoms with Gasteiger partial charge in [0, 0.05) is 17.8 Å². The summed E-state index contributed by atoms with van der Waals surface area (Å²) in [6, 6.07) is 4.93. The lowest BCUT2D eigenvalue weighted by Gasteiger charge is -2.16. The summed E-state index contributed by atoms with van der Waals surface area (Å²) in [6.07, 6.45) is 8.24. The average Bonchev–Trinajstić information content (AvgIpc) is 2.46. The summed E-state index contributed by atoms with van der Waals surface area (Å²) >= 11 is 0. The van der Waals surface area contributed by atoms with Gasteiger partial charge in [-0.1, -0.05) is 6.92 Å². The standard InChI is InChI=1S/C15H15N3O2/c1-3-5-11(4-2)18-14-12-7-6-10(15(19)20)8-13(12)16-9-17-14/h1,6-9,11H,4-5H2,2H3,(H,19,20)(H,16,17,18). The Hall–Kier alpha value is -2.61. The topological polar surface area (TPSA) is 75.1 Å². The molecule has 2 N–H and O–H groups in total. The zero-order valence-electron chi connectivity index (χ0n) is 11.1. The van der Waals surface area contributed by atoms with Gasteiger partial charge in [-0.05, 0) is 24.6 Å². The smallest absolute Gasteiger partial charge is 0.335 e. The first-order valence-electron chi connectivity index (χ1n) is 6.33. The fraction of sp³-hybridized carbons (Fsp3) is 0.267. The van der Waals surface area contributed by atoms with Gasteiger partial charge in [0.25, 0.3) is 0 Å². The lowest BCUT2D eigenvalue weighted by Crippen LogP contribution is -2.18. The summed E-state index contributed by atoms with van der Waals surface area (Å²) < 4.78 is 0. The number of nitrogens with one attached hydrogen (secondary N) is 1. The molecule has 0 aliphatic heterocycles. The van der Waals surface area contributed by atoms with E-state index in [-0.39, 0.29) is 11.6 Å². The van der Waals surface area contributed by atoms with Gasteiger partial charge < -0.3 is 10.4 Å². The van der Waals surface area contributed by atoms with Crippen molar-refractivity contribution in [3.63, 3.8) is 0 Å². The van der Waals surface area contributed by atoms with E-state index >= 15 is 0 Å². The summed E-state index contributed by atoms with van der Waals surface area (Å²) in [5.41, 5.74) is 0.802. The van der Waals surface area contributed by atoms with Gasteiger partial charge in [0.05, 0.1) is 11.1 Å². The Morgan fingerprint density at radius 1 is 1.50 bits per heavy atom. The first kappa shape index (κ1) is 13.8.